The van der Waals surface area contributed by atoms with Crippen molar-refractivity contribution in [1.29, 1.82) is 0 Å². The molecule has 1 amide bonds. The van der Waals surface area contributed by atoms with Gasteiger partial charge in [0.05, 0.1) is 11.0 Å². The van der Waals surface area contributed by atoms with Gasteiger partial charge in [-0.3, -0.25) is 4.79 Å². The Labute approximate surface area is 99.4 Å². The molecule has 0 aromatic carbocycles. The molecule has 3 N–H and O–H groups in total. The number of nitrogens with one attached hydrogen (secondary N) is 1. The average molecular weight is 241 g/mol. The lowest BCUT2D eigenvalue weighted by Crippen LogP contribution is -2.46. The van der Waals surface area contributed by atoms with E-state index < -0.39 is 0 Å². The van der Waals surface area contributed by atoms with E-state index in [1.165, 1.54) is 0 Å². The van der Waals surface area contributed by atoms with Gasteiger partial charge in [-0.25, -0.2) is 0 Å². The molecular formula is C10H15N3O2S. The summed E-state index contributed by atoms with van der Waals surface area (Å²) < 4.78 is 4.81. The number of amides is 1. The summed E-state index contributed by atoms with van der Waals surface area (Å²) >= 11 is 4.89. The van der Waals surface area contributed by atoms with Crippen LogP contribution in [0.15, 0.2) is 10.6 Å². The lowest BCUT2D eigenvalue weighted by molar-refractivity contribution is 0.0930. The zero-order valence-corrected chi connectivity index (χ0v) is 10.3. The van der Waals surface area contributed by atoms with Crippen molar-refractivity contribution in [3.8, 4) is 0 Å². The minimum absolute atomic E-state index is 0.134. The van der Waals surface area contributed by atoms with Crippen LogP contribution >= 0.6 is 12.2 Å². The van der Waals surface area contributed by atoms with Crippen LogP contribution in [0.25, 0.3) is 0 Å². The zero-order valence-electron chi connectivity index (χ0n) is 9.48. The fraction of sp³-hybridized carbons (Fsp3) is 0.500. The number of nitrogens with two attached hydrogens (primary N) is 1. The van der Waals surface area contributed by atoms with Gasteiger partial charge in [-0.1, -0.05) is 31.2 Å². The molecule has 0 saturated heterocycles. The molecule has 0 fully saturated rings. The molecule has 0 spiro atoms. The number of aromatic nitrogens is 1. The molecule has 0 saturated carbocycles. The van der Waals surface area contributed by atoms with Gasteiger partial charge >= 0.3 is 0 Å². The van der Waals surface area contributed by atoms with Crippen molar-refractivity contribution in [2.24, 2.45) is 11.7 Å². The molecule has 1 aromatic rings. The molecule has 6 heteroatoms. The van der Waals surface area contributed by atoms with Crippen LogP contribution in [-0.4, -0.2) is 22.1 Å². The summed E-state index contributed by atoms with van der Waals surface area (Å²) in [6, 6.07) is 1.23. The van der Waals surface area contributed by atoms with Crippen LogP contribution in [0.4, 0.5) is 0 Å². The molecule has 0 aliphatic carbocycles. The van der Waals surface area contributed by atoms with Crippen molar-refractivity contribution < 1.29 is 9.32 Å². The van der Waals surface area contributed by atoms with Gasteiger partial charge in [-0.2, -0.15) is 0 Å². The maximum absolute atomic E-state index is 11.7. The van der Waals surface area contributed by atoms with Gasteiger partial charge in [0, 0.05) is 6.07 Å². The first-order valence-electron chi connectivity index (χ1n) is 4.95. The molecule has 0 aliphatic rings. The minimum Gasteiger partial charge on any atom is -0.392 e. The highest BCUT2D eigenvalue weighted by molar-refractivity contribution is 7.80. The summed E-state index contributed by atoms with van der Waals surface area (Å²) in [7, 11) is 0. The molecule has 1 aromatic heterocycles. The van der Waals surface area contributed by atoms with E-state index >= 15 is 0 Å². The third-order valence-electron chi connectivity index (χ3n) is 2.12. The molecule has 5 nitrogen and oxygen atoms in total. The van der Waals surface area contributed by atoms with Gasteiger partial charge in [0.1, 0.15) is 5.76 Å². The van der Waals surface area contributed by atoms with Crippen molar-refractivity contribution in [2.45, 2.75) is 26.8 Å². The Morgan fingerprint density at radius 2 is 2.25 bits per heavy atom. The summed E-state index contributed by atoms with van der Waals surface area (Å²) in [6.45, 7) is 5.58. The summed E-state index contributed by atoms with van der Waals surface area (Å²) in [5.74, 6) is 0.388. The molecule has 1 rings (SSSR count). The lowest BCUT2D eigenvalue weighted by Gasteiger charge is -2.20. The fourth-order valence-corrected chi connectivity index (χ4v) is 1.59. The van der Waals surface area contributed by atoms with Crippen LogP contribution in [0.2, 0.25) is 0 Å². The van der Waals surface area contributed by atoms with E-state index in [-0.39, 0.29) is 28.5 Å². The molecule has 0 bridgehead atoms. The third-order valence-corrected chi connectivity index (χ3v) is 2.37. The van der Waals surface area contributed by atoms with E-state index in [0.717, 1.165) is 0 Å². The fourth-order valence-electron chi connectivity index (χ4n) is 1.25. The Bertz CT molecular complexity index is 401. The Kier molecular flexibility index (Phi) is 4.00. The Hall–Kier alpha value is -1.43. The number of nitrogens with zero attached hydrogens (tertiary/aromatic N) is 1. The van der Waals surface area contributed by atoms with Crippen LogP contribution in [0.3, 0.4) is 0 Å². The largest absolute Gasteiger partial charge is 0.392 e. The highest BCUT2D eigenvalue weighted by atomic mass is 32.1. The Balaban J connectivity index is 2.73. The van der Waals surface area contributed by atoms with Gasteiger partial charge in [0.2, 0.25) is 0 Å². The van der Waals surface area contributed by atoms with E-state index in [1.807, 2.05) is 13.8 Å². The minimum atomic E-state index is -0.334. The number of hydrogen-bond donors (Lipinski definition) is 2. The molecule has 1 atom stereocenters. The first-order chi connectivity index (χ1) is 7.41. The van der Waals surface area contributed by atoms with Crippen LogP contribution in [0.1, 0.15) is 30.1 Å². The predicted octanol–water partition coefficient (Wildman–Crippen LogP) is 1.02. The summed E-state index contributed by atoms with van der Waals surface area (Å²) in [6.07, 6.45) is 0. The topological polar surface area (TPSA) is 81.2 Å². The third kappa shape index (κ3) is 3.03. The second-order valence-electron chi connectivity index (χ2n) is 3.92. The summed E-state index contributed by atoms with van der Waals surface area (Å²) in [5.41, 5.74) is 5.78. The van der Waals surface area contributed by atoms with Gasteiger partial charge < -0.3 is 15.6 Å². The number of thiocarbonyl (C=S) groups is 1. The maximum Gasteiger partial charge on any atom is 0.274 e. The van der Waals surface area contributed by atoms with Crippen LogP contribution in [0, 0.1) is 12.8 Å². The van der Waals surface area contributed by atoms with Crippen LogP contribution in [-0.2, 0) is 0 Å². The monoisotopic (exact) mass is 241 g/mol. The second-order valence-corrected chi connectivity index (χ2v) is 4.39. The number of hydrogen-bond acceptors (Lipinski definition) is 4. The number of rotatable bonds is 4. The molecule has 88 valence electrons. The van der Waals surface area contributed by atoms with Crippen molar-refractivity contribution >= 4 is 23.1 Å². The van der Waals surface area contributed by atoms with Gasteiger partial charge in [-0.15, -0.1) is 0 Å². The van der Waals surface area contributed by atoms with Crippen LogP contribution < -0.4 is 11.1 Å². The van der Waals surface area contributed by atoms with Gasteiger partial charge in [0.15, 0.2) is 5.69 Å². The second kappa shape index (κ2) is 5.07. The normalized spacial score (nSPS) is 12.5. The molecule has 0 radical (unpaired) electrons. The van der Waals surface area contributed by atoms with Crippen LogP contribution in [0.5, 0.6) is 0 Å². The van der Waals surface area contributed by atoms with Crippen molar-refractivity contribution in [1.82, 2.24) is 10.5 Å². The number of carbonyl (C=O) groups is 1. The molecule has 1 unspecified atom stereocenters. The first-order valence-corrected chi connectivity index (χ1v) is 5.36. The van der Waals surface area contributed by atoms with Gasteiger partial charge in [0.25, 0.3) is 5.91 Å². The predicted molar refractivity (Wildman–Crippen MR) is 64.1 cm³/mol. The van der Waals surface area contributed by atoms with Crippen molar-refractivity contribution in [2.75, 3.05) is 0 Å². The summed E-state index contributed by atoms with van der Waals surface area (Å²) in [5, 5.41) is 6.33. The van der Waals surface area contributed by atoms with E-state index in [4.69, 9.17) is 22.5 Å². The number of aryl methyl sites for hydroxylation is 1. The van der Waals surface area contributed by atoms with Gasteiger partial charge in [-0.05, 0) is 12.8 Å². The Morgan fingerprint density at radius 1 is 1.62 bits per heavy atom. The average Bonchev–Trinajstić information content (AvgIpc) is 2.59. The molecular weight excluding hydrogens is 226 g/mol. The maximum atomic E-state index is 11.7. The smallest absolute Gasteiger partial charge is 0.274 e. The molecule has 16 heavy (non-hydrogen) atoms. The quantitative estimate of drug-likeness (QED) is 0.769. The van der Waals surface area contributed by atoms with E-state index in [2.05, 4.69) is 10.5 Å². The molecule has 0 aliphatic heterocycles. The van der Waals surface area contributed by atoms with E-state index in [1.54, 1.807) is 13.0 Å². The SMILES string of the molecule is Cc1cc(C(=O)NC(C(N)=S)C(C)C)no1. The van der Waals surface area contributed by atoms with E-state index in [9.17, 15) is 4.79 Å². The molecule has 1 heterocycles. The first kappa shape index (κ1) is 12.6. The lowest BCUT2D eigenvalue weighted by atomic mass is 10.0. The summed E-state index contributed by atoms with van der Waals surface area (Å²) in [4.78, 5) is 12.0. The van der Waals surface area contributed by atoms with E-state index in [0.29, 0.717) is 5.76 Å². The van der Waals surface area contributed by atoms with Crippen molar-refractivity contribution in [3.63, 3.8) is 0 Å². The number of carbonyl (C=O) groups excluding carboxylic acids is 1. The zero-order chi connectivity index (χ0) is 12.3. The highest BCUT2D eigenvalue weighted by Gasteiger charge is 2.21. The highest BCUT2D eigenvalue weighted by Crippen LogP contribution is 2.05. The van der Waals surface area contributed by atoms with Crippen molar-refractivity contribution in [3.05, 3.63) is 17.5 Å². The Morgan fingerprint density at radius 3 is 2.62 bits per heavy atom. The standard InChI is InChI=1S/C10H15N3O2S/c1-5(2)8(9(11)16)12-10(14)7-4-6(3)15-13-7/h4-5,8H,1-3H3,(H2,11,16)(H,12,14).